The van der Waals surface area contributed by atoms with E-state index in [0.29, 0.717) is 0 Å². The van der Waals surface area contributed by atoms with E-state index >= 15 is 0 Å². The van der Waals surface area contributed by atoms with Crippen molar-refractivity contribution in [3.05, 3.63) is 67.9 Å². The fraction of sp³-hybridized carbons (Fsp3) is 0.0667. The van der Waals surface area contributed by atoms with Crippen LogP contribution in [0.2, 0.25) is 0 Å². The molecule has 0 fully saturated rings. The number of benzene rings is 2. The molecule has 0 radical (unpaired) electrons. The molecule has 3 rings (SSSR count). The van der Waals surface area contributed by atoms with Crippen molar-refractivity contribution in [2.24, 2.45) is 5.73 Å². The number of thiophene rings is 1. The molecule has 0 spiro atoms. The zero-order valence-electron chi connectivity index (χ0n) is 9.94. The Morgan fingerprint density at radius 1 is 1.00 bits per heavy atom. The summed E-state index contributed by atoms with van der Waals surface area (Å²) in [5.41, 5.74) is 8.71. The standard InChI is InChI=1S/C15H11Br2NS/c16-10-6-4-9(5-7-10)14(18)12-8-19-15-11(12)2-1-3-13(15)17/h1-8,14H,18H2. The molecule has 1 heterocycles. The summed E-state index contributed by atoms with van der Waals surface area (Å²) in [6, 6.07) is 14.3. The highest BCUT2D eigenvalue weighted by Crippen LogP contribution is 2.36. The van der Waals surface area contributed by atoms with Crippen LogP contribution in [-0.4, -0.2) is 0 Å². The maximum absolute atomic E-state index is 6.40. The molecule has 1 unspecified atom stereocenters. The largest absolute Gasteiger partial charge is 0.320 e. The lowest BCUT2D eigenvalue weighted by Gasteiger charge is -2.11. The quantitative estimate of drug-likeness (QED) is 0.610. The van der Waals surface area contributed by atoms with Gasteiger partial charge in [-0.1, -0.05) is 40.2 Å². The first-order chi connectivity index (χ1) is 9.16. The van der Waals surface area contributed by atoms with Crippen molar-refractivity contribution in [1.82, 2.24) is 0 Å². The summed E-state index contributed by atoms with van der Waals surface area (Å²) in [6.45, 7) is 0. The van der Waals surface area contributed by atoms with Crippen LogP contribution in [0.1, 0.15) is 17.2 Å². The van der Waals surface area contributed by atoms with Crippen LogP contribution in [0.15, 0.2) is 56.8 Å². The van der Waals surface area contributed by atoms with E-state index in [1.165, 1.54) is 15.6 Å². The molecule has 0 aliphatic rings. The van der Waals surface area contributed by atoms with Crippen LogP contribution in [0, 0.1) is 0 Å². The molecule has 19 heavy (non-hydrogen) atoms. The third-order valence-corrected chi connectivity index (χ3v) is 5.65. The Kier molecular flexibility index (Phi) is 3.76. The molecule has 4 heteroatoms. The van der Waals surface area contributed by atoms with Gasteiger partial charge in [0, 0.05) is 13.6 Å². The summed E-state index contributed by atoms with van der Waals surface area (Å²) in [5, 5.41) is 3.39. The second-order valence-electron chi connectivity index (χ2n) is 4.34. The maximum atomic E-state index is 6.40. The van der Waals surface area contributed by atoms with E-state index in [4.69, 9.17) is 5.73 Å². The van der Waals surface area contributed by atoms with Crippen molar-refractivity contribution in [3.63, 3.8) is 0 Å². The molecular formula is C15H11Br2NS. The van der Waals surface area contributed by atoms with Crippen LogP contribution in [0.4, 0.5) is 0 Å². The highest BCUT2D eigenvalue weighted by atomic mass is 79.9. The van der Waals surface area contributed by atoms with Gasteiger partial charge in [0.1, 0.15) is 0 Å². The molecular weight excluding hydrogens is 386 g/mol. The van der Waals surface area contributed by atoms with Gasteiger partial charge in [-0.15, -0.1) is 11.3 Å². The topological polar surface area (TPSA) is 26.0 Å². The van der Waals surface area contributed by atoms with E-state index in [0.717, 1.165) is 14.5 Å². The molecule has 2 N–H and O–H groups in total. The highest BCUT2D eigenvalue weighted by Gasteiger charge is 2.14. The summed E-state index contributed by atoms with van der Waals surface area (Å²) in [5.74, 6) is 0. The van der Waals surface area contributed by atoms with Gasteiger partial charge in [-0.3, -0.25) is 0 Å². The first-order valence-corrected chi connectivity index (χ1v) is 8.30. The van der Waals surface area contributed by atoms with Gasteiger partial charge in [-0.25, -0.2) is 0 Å². The van der Waals surface area contributed by atoms with Crippen LogP contribution >= 0.6 is 43.2 Å². The van der Waals surface area contributed by atoms with Gasteiger partial charge in [0.05, 0.1) is 6.04 Å². The first kappa shape index (κ1) is 13.3. The summed E-state index contributed by atoms with van der Waals surface area (Å²) >= 11 is 8.77. The Hall–Kier alpha value is -0.680. The minimum absolute atomic E-state index is 0.0869. The molecule has 2 aromatic carbocycles. The van der Waals surface area contributed by atoms with Crippen molar-refractivity contribution in [2.45, 2.75) is 6.04 Å². The van der Waals surface area contributed by atoms with Crippen LogP contribution in [0.25, 0.3) is 10.1 Å². The lowest BCUT2D eigenvalue weighted by molar-refractivity contribution is 0.884. The predicted molar refractivity (Wildman–Crippen MR) is 89.7 cm³/mol. The first-order valence-electron chi connectivity index (χ1n) is 5.83. The summed E-state index contributed by atoms with van der Waals surface area (Å²) in [4.78, 5) is 0. The van der Waals surface area contributed by atoms with Crippen molar-refractivity contribution < 1.29 is 0 Å². The Balaban J connectivity index is 2.09. The number of nitrogens with two attached hydrogens (primary N) is 1. The summed E-state index contributed by atoms with van der Waals surface area (Å²) in [6.07, 6.45) is 0. The Morgan fingerprint density at radius 3 is 2.47 bits per heavy atom. The number of halogens is 2. The molecule has 3 aromatic rings. The van der Waals surface area contributed by atoms with Gasteiger partial charge in [0.2, 0.25) is 0 Å². The normalized spacial score (nSPS) is 12.8. The van der Waals surface area contributed by atoms with Crippen molar-refractivity contribution in [3.8, 4) is 0 Å². The molecule has 0 bridgehead atoms. The molecule has 0 amide bonds. The number of fused-ring (bicyclic) bond motifs is 1. The van der Waals surface area contributed by atoms with Crippen LogP contribution in [-0.2, 0) is 0 Å². The molecule has 1 atom stereocenters. The second kappa shape index (κ2) is 5.37. The van der Waals surface area contributed by atoms with Gasteiger partial charge in [0.25, 0.3) is 0 Å². The minimum Gasteiger partial charge on any atom is -0.320 e. The number of rotatable bonds is 2. The SMILES string of the molecule is NC(c1ccc(Br)cc1)c1csc2c(Br)cccc12. The minimum atomic E-state index is -0.0869. The van der Waals surface area contributed by atoms with Gasteiger partial charge >= 0.3 is 0 Å². The smallest absolute Gasteiger partial charge is 0.0566 e. The molecule has 96 valence electrons. The lowest BCUT2D eigenvalue weighted by Crippen LogP contribution is -2.10. The molecule has 1 aromatic heterocycles. The van der Waals surface area contributed by atoms with E-state index in [2.05, 4.69) is 67.6 Å². The Morgan fingerprint density at radius 2 is 1.74 bits per heavy atom. The van der Waals surface area contributed by atoms with Crippen LogP contribution in [0.3, 0.4) is 0 Å². The Labute approximate surface area is 132 Å². The van der Waals surface area contributed by atoms with Gasteiger partial charge < -0.3 is 5.73 Å². The molecule has 0 aliphatic heterocycles. The zero-order valence-corrected chi connectivity index (χ0v) is 13.9. The highest BCUT2D eigenvalue weighted by molar-refractivity contribution is 9.11. The monoisotopic (exact) mass is 395 g/mol. The number of hydrogen-bond acceptors (Lipinski definition) is 2. The second-order valence-corrected chi connectivity index (χ2v) is 6.99. The maximum Gasteiger partial charge on any atom is 0.0566 e. The van der Waals surface area contributed by atoms with Crippen LogP contribution in [0.5, 0.6) is 0 Å². The van der Waals surface area contributed by atoms with Crippen molar-refractivity contribution in [2.75, 3.05) is 0 Å². The predicted octanol–water partition coefficient (Wildman–Crippen LogP) is 5.47. The fourth-order valence-corrected chi connectivity index (χ4v) is 4.06. The van der Waals surface area contributed by atoms with Gasteiger partial charge in [-0.05, 0) is 56.0 Å². The van der Waals surface area contributed by atoms with Crippen LogP contribution < -0.4 is 5.73 Å². The average Bonchev–Trinajstić information content (AvgIpc) is 2.84. The van der Waals surface area contributed by atoms with Gasteiger partial charge in [-0.2, -0.15) is 0 Å². The number of hydrogen-bond donors (Lipinski definition) is 1. The summed E-state index contributed by atoms with van der Waals surface area (Å²) < 4.78 is 3.45. The molecule has 0 saturated heterocycles. The molecule has 0 saturated carbocycles. The lowest BCUT2D eigenvalue weighted by atomic mass is 9.99. The third kappa shape index (κ3) is 2.50. The van der Waals surface area contributed by atoms with Crippen molar-refractivity contribution >= 4 is 53.3 Å². The average molecular weight is 397 g/mol. The molecule has 1 nitrogen and oxygen atoms in total. The van der Waals surface area contributed by atoms with E-state index < -0.39 is 0 Å². The fourth-order valence-electron chi connectivity index (χ4n) is 2.13. The van der Waals surface area contributed by atoms with E-state index in [-0.39, 0.29) is 6.04 Å². The third-order valence-electron chi connectivity index (χ3n) is 3.15. The van der Waals surface area contributed by atoms with Crippen molar-refractivity contribution in [1.29, 1.82) is 0 Å². The van der Waals surface area contributed by atoms with E-state index in [1.807, 2.05) is 12.1 Å². The molecule has 0 aliphatic carbocycles. The van der Waals surface area contributed by atoms with Gasteiger partial charge in [0.15, 0.2) is 0 Å². The summed E-state index contributed by atoms with van der Waals surface area (Å²) in [7, 11) is 0. The van der Waals surface area contributed by atoms with E-state index in [9.17, 15) is 0 Å². The Bertz CT molecular complexity index is 719. The van der Waals surface area contributed by atoms with E-state index in [1.54, 1.807) is 11.3 Å². The zero-order chi connectivity index (χ0) is 13.4.